The molecule has 1 N–H and O–H groups in total. The number of carbonyl (C=O) groups excluding carboxylic acids is 1. The van der Waals surface area contributed by atoms with E-state index in [4.69, 9.17) is 0 Å². The molecule has 0 aromatic heterocycles. The van der Waals surface area contributed by atoms with Crippen molar-refractivity contribution < 1.29 is 9.18 Å². The van der Waals surface area contributed by atoms with Crippen molar-refractivity contribution in [3.63, 3.8) is 0 Å². The lowest BCUT2D eigenvalue weighted by molar-refractivity contribution is -0.121. The van der Waals surface area contributed by atoms with Crippen LogP contribution in [0, 0.1) is 5.82 Å². The number of nitrogens with one attached hydrogen (secondary N) is 1. The van der Waals surface area contributed by atoms with E-state index in [1.165, 1.54) is 12.1 Å². The van der Waals surface area contributed by atoms with Crippen LogP contribution in [-0.2, 0) is 4.79 Å². The Morgan fingerprint density at radius 2 is 2.00 bits per heavy atom. The van der Waals surface area contributed by atoms with E-state index in [0.29, 0.717) is 6.42 Å². The quantitative estimate of drug-likeness (QED) is 0.817. The van der Waals surface area contributed by atoms with Gasteiger partial charge in [0.05, 0.1) is 0 Å². The molecule has 1 amide bonds. The summed E-state index contributed by atoms with van der Waals surface area (Å²) in [6.45, 7) is 2.08. The molecule has 0 heterocycles. The third kappa shape index (κ3) is 3.65. The number of amides is 1. The van der Waals surface area contributed by atoms with Gasteiger partial charge in [0.2, 0.25) is 5.91 Å². The van der Waals surface area contributed by atoms with Gasteiger partial charge in [0.1, 0.15) is 5.82 Å². The number of carbonyl (C=O) groups is 1. The zero-order chi connectivity index (χ0) is 12.0. The molecule has 2 nitrogen and oxygen atoms in total. The van der Waals surface area contributed by atoms with Gasteiger partial charge < -0.3 is 5.32 Å². The van der Waals surface area contributed by atoms with Gasteiger partial charge in [0.15, 0.2) is 0 Å². The molecular formula is C13H18FNO. The van der Waals surface area contributed by atoms with Gasteiger partial charge in [-0.2, -0.15) is 0 Å². The summed E-state index contributed by atoms with van der Waals surface area (Å²) in [5.74, 6) is -0.0210. The Morgan fingerprint density at radius 1 is 1.38 bits per heavy atom. The number of hydrogen-bond donors (Lipinski definition) is 1. The lowest BCUT2D eigenvalue weighted by Gasteiger charge is -2.15. The predicted octanol–water partition coefficient (Wildman–Crippen LogP) is 2.85. The standard InChI is InChI=1S/C13H18FNO/c1-3-4-11(9-13(16)15-2)10-5-7-12(14)8-6-10/h5-8,11H,3-4,9H2,1-2H3,(H,15,16). The molecule has 0 saturated heterocycles. The van der Waals surface area contributed by atoms with Crippen molar-refractivity contribution in [3.8, 4) is 0 Å². The molecule has 1 aromatic carbocycles. The summed E-state index contributed by atoms with van der Waals surface area (Å²) in [6, 6.07) is 6.42. The molecule has 88 valence electrons. The smallest absolute Gasteiger partial charge is 0.220 e. The fraction of sp³-hybridized carbons (Fsp3) is 0.462. The van der Waals surface area contributed by atoms with Crippen LogP contribution in [0.5, 0.6) is 0 Å². The molecule has 0 bridgehead atoms. The second kappa shape index (κ2) is 6.26. The minimum atomic E-state index is -0.237. The molecule has 1 unspecified atom stereocenters. The van der Waals surface area contributed by atoms with Crippen LogP contribution in [-0.4, -0.2) is 13.0 Å². The summed E-state index contributed by atoms with van der Waals surface area (Å²) >= 11 is 0. The Balaban J connectivity index is 2.76. The van der Waals surface area contributed by atoms with Crippen molar-refractivity contribution in [1.29, 1.82) is 0 Å². The highest BCUT2D eigenvalue weighted by atomic mass is 19.1. The van der Waals surface area contributed by atoms with E-state index in [0.717, 1.165) is 18.4 Å². The molecule has 1 atom stereocenters. The van der Waals surface area contributed by atoms with E-state index in [2.05, 4.69) is 12.2 Å². The van der Waals surface area contributed by atoms with Gasteiger partial charge in [-0.05, 0) is 30.0 Å². The van der Waals surface area contributed by atoms with Crippen LogP contribution < -0.4 is 5.32 Å². The second-order valence-electron chi connectivity index (χ2n) is 3.91. The Morgan fingerprint density at radius 3 is 2.50 bits per heavy atom. The molecule has 0 aliphatic rings. The van der Waals surface area contributed by atoms with Gasteiger partial charge in [-0.15, -0.1) is 0 Å². The minimum absolute atomic E-state index is 0.0303. The van der Waals surface area contributed by atoms with Gasteiger partial charge in [0.25, 0.3) is 0 Å². The average Bonchev–Trinajstić information content (AvgIpc) is 2.29. The molecule has 1 aromatic rings. The first-order valence-electron chi connectivity index (χ1n) is 5.63. The number of hydrogen-bond acceptors (Lipinski definition) is 1. The van der Waals surface area contributed by atoms with Gasteiger partial charge in [-0.3, -0.25) is 4.79 Å². The topological polar surface area (TPSA) is 29.1 Å². The van der Waals surface area contributed by atoms with E-state index in [9.17, 15) is 9.18 Å². The molecule has 1 rings (SSSR count). The van der Waals surface area contributed by atoms with Crippen LogP contribution in [0.25, 0.3) is 0 Å². The maximum atomic E-state index is 12.8. The summed E-state index contributed by atoms with van der Waals surface area (Å²) in [5, 5.41) is 2.62. The predicted molar refractivity (Wildman–Crippen MR) is 62.7 cm³/mol. The molecule has 0 fully saturated rings. The summed E-state index contributed by atoms with van der Waals surface area (Å²) in [7, 11) is 1.63. The van der Waals surface area contributed by atoms with Crippen molar-refractivity contribution >= 4 is 5.91 Å². The van der Waals surface area contributed by atoms with E-state index in [-0.39, 0.29) is 17.6 Å². The number of rotatable bonds is 5. The average molecular weight is 223 g/mol. The van der Waals surface area contributed by atoms with E-state index in [1.807, 2.05) is 0 Å². The molecular weight excluding hydrogens is 205 g/mol. The molecule has 0 saturated carbocycles. The molecule has 0 spiro atoms. The molecule has 16 heavy (non-hydrogen) atoms. The first kappa shape index (κ1) is 12.7. The van der Waals surface area contributed by atoms with Gasteiger partial charge in [-0.25, -0.2) is 4.39 Å². The molecule has 3 heteroatoms. The Bertz CT molecular complexity index is 334. The Hall–Kier alpha value is -1.38. The van der Waals surface area contributed by atoms with Crippen LogP contribution in [0.3, 0.4) is 0 Å². The first-order chi connectivity index (χ1) is 7.67. The maximum Gasteiger partial charge on any atom is 0.220 e. The van der Waals surface area contributed by atoms with Crippen LogP contribution in [0.1, 0.15) is 37.7 Å². The third-order valence-electron chi connectivity index (χ3n) is 2.69. The fourth-order valence-electron chi connectivity index (χ4n) is 1.80. The second-order valence-corrected chi connectivity index (χ2v) is 3.91. The zero-order valence-electron chi connectivity index (χ0n) is 9.79. The monoisotopic (exact) mass is 223 g/mol. The van der Waals surface area contributed by atoms with Crippen molar-refractivity contribution in [3.05, 3.63) is 35.6 Å². The van der Waals surface area contributed by atoms with Gasteiger partial charge in [-0.1, -0.05) is 25.5 Å². The van der Waals surface area contributed by atoms with E-state index < -0.39 is 0 Å². The fourth-order valence-corrected chi connectivity index (χ4v) is 1.80. The lowest BCUT2D eigenvalue weighted by Crippen LogP contribution is -2.20. The zero-order valence-corrected chi connectivity index (χ0v) is 9.79. The van der Waals surface area contributed by atoms with Crippen LogP contribution in [0.2, 0.25) is 0 Å². The highest BCUT2D eigenvalue weighted by Crippen LogP contribution is 2.24. The van der Waals surface area contributed by atoms with Crippen LogP contribution >= 0.6 is 0 Å². The SMILES string of the molecule is CCCC(CC(=O)NC)c1ccc(F)cc1. The van der Waals surface area contributed by atoms with Crippen LogP contribution in [0.15, 0.2) is 24.3 Å². The summed E-state index contributed by atoms with van der Waals surface area (Å²) in [6.07, 6.45) is 2.42. The lowest BCUT2D eigenvalue weighted by atomic mass is 9.91. The molecule has 0 radical (unpaired) electrons. The van der Waals surface area contributed by atoms with Crippen molar-refractivity contribution in [1.82, 2.24) is 5.32 Å². The third-order valence-corrected chi connectivity index (χ3v) is 2.69. The minimum Gasteiger partial charge on any atom is -0.359 e. The van der Waals surface area contributed by atoms with Crippen molar-refractivity contribution in [2.45, 2.75) is 32.1 Å². The summed E-state index contributed by atoms with van der Waals surface area (Å²) in [4.78, 5) is 11.4. The molecule has 0 aliphatic carbocycles. The summed E-state index contributed by atoms with van der Waals surface area (Å²) in [5.41, 5.74) is 1.03. The van der Waals surface area contributed by atoms with E-state index >= 15 is 0 Å². The Labute approximate surface area is 95.9 Å². The van der Waals surface area contributed by atoms with Gasteiger partial charge in [0, 0.05) is 13.5 Å². The highest BCUT2D eigenvalue weighted by Gasteiger charge is 2.14. The first-order valence-corrected chi connectivity index (χ1v) is 5.63. The number of halogens is 1. The largest absolute Gasteiger partial charge is 0.359 e. The number of benzene rings is 1. The molecule has 0 aliphatic heterocycles. The Kier molecular flexibility index (Phi) is 4.96. The normalized spacial score (nSPS) is 12.2. The van der Waals surface area contributed by atoms with Crippen molar-refractivity contribution in [2.75, 3.05) is 7.05 Å². The maximum absolute atomic E-state index is 12.8. The summed E-state index contributed by atoms with van der Waals surface area (Å²) < 4.78 is 12.8. The van der Waals surface area contributed by atoms with Crippen LogP contribution in [0.4, 0.5) is 4.39 Å². The highest BCUT2D eigenvalue weighted by molar-refractivity contribution is 5.76. The van der Waals surface area contributed by atoms with Gasteiger partial charge >= 0.3 is 0 Å². The van der Waals surface area contributed by atoms with E-state index in [1.54, 1.807) is 19.2 Å². The van der Waals surface area contributed by atoms with Crippen molar-refractivity contribution in [2.24, 2.45) is 0 Å².